The zero-order chi connectivity index (χ0) is 13.0. The van der Waals surface area contributed by atoms with Gasteiger partial charge >= 0.3 is 0 Å². The molecule has 18 heavy (non-hydrogen) atoms. The molecule has 1 atom stereocenters. The lowest BCUT2D eigenvalue weighted by atomic mass is 10.1. The summed E-state index contributed by atoms with van der Waals surface area (Å²) < 4.78 is 0. The van der Waals surface area contributed by atoms with Gasteiger partial charge in [0.1, 0.15) is 0 Å². The van der Waals surface area contributed by atoms with E-state index in [9.17, 15) is 9.90 Å². The van der Waals surface area contributed by atoms with E-state index in [1.807, 2.05) is 35.2 Å². The van der Waals surface area contributed by atoms with Gasteiger partial charge < -0.3 is 10.0 Å². The number of aliphatic hydroxyl groups excluding tert-OH is 1. The van der Waals surface area contributed by atoms with E-state index in [0.29, 0.717) is 19.4 Å². The Bertz CT molecular complexity index is 452. The number of amides is 1. The molecule has 2 rings (SSSR count). The van der Waals surface area contributed by atoms with Crippen LogP contribution in [-0.2, 0) is 4.79 Å². The predicted octanol–water partition coefficient (Wildman–Crippen LogP) is 2.60. The van der Waals surface area contributed by atoms with Crippen LogP contribution < -0.4 is 4.90 Å². The highest BCUT2D eigenvalue weighted by atomic mass is 16.3. The molecule has 3 nitrogen and oxygen atoms in total. The summed E-state index contributed by atoms with van der Waals surface area (Å²) in [6.07, 6.45) is 5.64. The third kappa shape index (κ3) is 2.99. The number of benzene rings is 1. The van der Waals surface area contributed by atoms with E-state index in [1.54, 1.807) is 6.92 Å². The van der Waals surface area contributed by atoms with E-state index < -0.39 is 0 Å². The summed E-state index contributed by atoms with van der Waals surface area (Å²) in [4.78, 5) is 14.0. The molecule has 0 bridgehead atoms. The van der Waals surface area contributed by atoms with Crippen LogP contribution in [0.2, 0.25) is 0 Å². The second-order valence-electron chi connectivity index (χ2n) is 4.71. The molecule has 0 saturated heterocycles. The Labute approximate surface area is 108 Å². The molecular weight excluding hydrogens is 226 g/mol. The Hall–Kier alpha value is -1.61. The van der Waals surface area contributed by atoms with Crippen molar-refractivity contribution in [2.24, 2.45) is 0 Å². The smallest absolute Gasteiger partial charge is 0.227 e. The molecule has 1 aliphatic rings. The number of fused-ring (bicyclic) bond motifs is 1. The molecule has 0 aromatic heterocycles. The lowest BCUT2D eigenvalue weighted by molar-refractivity contribution is -0.118. The van der Waals surface area contributed by atoms with Gasteiger partial charge in [-0.3, -0.25) is 4.79 Å². The van der Waals surface area contributed by atoms with Gasteiger partial charge in [0.15, 0.2) is 0 Å². The number of nitrogens with zero attached hydrogens (tertiary/aromatic N) is 1. The van der Waals surface area contributed by atoms with Crippen LogP contribution in [0.1, 0.15) is 31.7 Å². The van der Waals surface area contributed by atoms with Crippen molar-refractivity contribution >= 4 is 17.7 Å². The minimum Gasteiger partial charge on any atom is -0.393 e. The first-order chi connectivity index (χ1) is 8.68. The quantitative estimate of drug-likeness (QED) is 0.885. The fraction of sp³-hybridized carbons (Fsp3) is 0.400. The van der Waals surface area contributed by atoms with Gasteiger partial charge in [-0.25, -0.2) is 0 Å². The second kappa shape index (κ2) is 5.83. The van der Waals surface area contributed by atoms with Crippen LogP contribution in [0.25, 0.3) is 6.08 Å². The predicted molar refractivity (Wildman–Crippen MR) is 73.4 cm³/mol. The maximum Gasteiger partial charge on any atom is 0.227 e. The third-order valence-electron chi connectivity index (χ3n) is 3.13. The summed E-state index contributed by atoms with van der Waals surface area (Å²) in [6.45, 7) is 2.40. The number of aliphatic hydroxyl groups is 1. The third-order valence-corrected chi connectivity index (χ3v) is 3.13. The topological polar surface area (TPSA) is 40.5 Å². The average molecular weight is 245 g/mol. The Kier molecular flexibility index (Phi) is 4.15. The van der Waals surface area contributed by atoms with Crippen molar-refractivity contribution in [3.63, 3.8) is 0 Å². The Morgan fingerprint density at radius 1 is 1.44 bits per heavy atom. The first-order valence-corrected chi connectivity index (χ1v) is 6.42. The summed E-state index contributed by atoms with van der Waals surface area (Å²) in [5.74, 6) is 0.132. The van der Waals surface area contributed by atoms with Gasteiger partial charge in [0.25, 0.3) is 0 Å². The van der Waals surface area contributed by atoms with Crippen LogP contribution in [0.3, 0.4) is 0 Å². The summed E-state index contributed by atoms with van der Waals surface area (Å²) in [7, 11) is 0. The van der Waals surface area contributed by atoms with Crippen molar-refractivity contribution in [3.05, 3.63) is 35.9 Å². The number of para-hydroxylation sites is 1. The number of hydrogen-bond acceptors (Lipinski definition) is 2. The molecule has 1 amide bonds. The number of carbonyl (C=O) groups excluding carboxylic acids is 1. The fourth-order valence-electron chi connectivity index (χ4n) is 2.18. The molecule has 3 heteroatoms. The van der Waals surface area contributed by atoms with E-state index in [0.717, 1.165) is 17.7 Å². The summed E-state index contributed by atoms with van der Waals surface area (Å²) in [5, 5.41) is 9.20. The molecule has 0 radical (unpaired) electrons. The van der Waals surface area contributed by atoms with E-state index in [1.165, 1.54) is 0 Å². The minimum absolute atomic E-state index is 0.132. The zero-order valence-corrected chi connectivity index (χ0v) is 10.7. The first-order valence-electron chi connectivity index (χ1n) is 6.42. The molecule has 1 aromatic rings. The fourth-order valence-corrected chi connectivity index (χ4v) is 2.18. The van der Waals surface area contributed by atoms with E-state index in [4.69, 9.17) is 0 Å². The molecule has 0 saturated carbocycles. The number of carbonyl (C=O) groups is 1. The number of hydrogen-bond donors (Lipinski definition) is 1. The van der Waals surface area contributed by atoms with Crippen LogP contribution in [-0.4, -0.2) is 23.7 Å². The Morgan fingerprint density at radius 2 is 2.22 bits per heavy atom. The van der Waals surface area contributed by atoms with Crippen molar-refractivity contribution in [3.8, 4) is 0 Å². The summed E-state index contributed by atoms with van der Waals surface area (Å²) >= 11 is 0. The van der Waals surface area contributed by atoms with Crippen molar-refractivity contribution in [1.82, 2.24) is 0 Å². The largest absolute Gasteiger partial charge is 0.393 e. The normalized spacial score (nSPS) is 15.3. The molecule has 1 aliphatic heterocycles. The number of anilines is 1. The highest BCUT2D eigenvalue weighted by molar-refractivity contribution is 5.97. The van der Waals surface area contributed by atoms with Crippen molar-refractivity contribution < 1.29 is 9.90 Å². The van der Waals surface area contributed by atoms with Gasteiger partial charge in [0, 0.05) is 13.0 Å². The van der Waals surface area contributed by atoms with E-state index >= 15 is 0 Å². The Balaban J connectivity index is 2.01. The summed E-state index contributed by atoms with van der Waals surface area (Å²) in [5.41, 5.74) is 2.08. The van der Waals surface area contributed by atoms with E-state index in [-0.39, 0.29) is 12.0 Å². The molecule has 1 aromatic carbocycles. The van der Waals surface area contributed by atoms with Crippen LogP contribution >= 0.6 is 0 Å². The molecule has 96 valence electrons. The summed E-state index contributed by atoms with van der Waals surface area (Å²) in [6, 6.07) is 7.92. The van der Waals surface area contributed by atoms with Crippen LogP contribution in [0.5, 0.6) is 0 Å². The molecule has 1 heterocycles. The van der Waals surface area contributed by atoms with Gasteiger partial charge in [0.2, 0.25) is 5.91 Å². The molecular formula is C15H19NO2. The molecule has 0 fully saturated rings. The highest BCUT2D eigenvalue weighted by Crippen LogP contribution is 2.26. The average Bonchev–Trinajstić information content (AvgIpc) is 2.37. The standard InChI is InChI=1S/C15H19NO2/c1-12(17)6-4-10-15(18)16-11-5-8-13-7-2-3-9-14(13)16/h2-3,5,7-9,12,17H,4,6,10-11H2,1H3. The van der Waals surface area contributed by atoms with Gasteiger partial charge in [0.05, 0.1) is 11.8 Å². The second-order valence-corrected chi connectivity index (χ2v) is 4.71. The molecule has 1 unspecified atom stereocenters. The maximum atomic E-state index is 12.2. The van der Waals surface area contributed by atoms with Crippen molar-refractivity contribution in [2.45, 2.75) is 32.3 Å². The van der Waals surface area contributed by atoms with E-state index in [2.05, 4.69) is 6.08 Å². The molecule has 0 spiro atoms. The minimum atomic E-state index is -0.327. The van der Waals surface area contributed by atoms with Gasteiger partial charge in [-0.2, -0.15) is 0 Å². The zero-order valence-electron chi connectivity index (χ0n) is 10.7. The van der Waals surface area contributed by atoms with Crippen molar-refractivity contribution in [1.29, 1.82) is 0 Å². The monoisotopic (exact) mass is 245 g/mol. The van der Waals surface area contributed by atoms with Gasteiger partial charge in [-0.1, -0.05) is 30.4 Å². The Morgan fingerprint density at radius 3 is 3.00 bits per heavy atom. The van der Waals surface area contributed by atoms with Gasteiger partial charge in [-0.05, 0) is 31.4 Å². The molecule has 1 N–H and O–H groups in total. The highest BCUT2D eigenvalue weighted by Gasteiger charge is 2.18. The lowest BCUT2D eigenvalue weighted by Crippen LogP contribution is -2.32. The first kappa shape index (κ1) is 12.8. The molecule has 0 aliphatic carbocycles. The number of rotatable bonds is 4. The van der Waals surface area contributed by atoms with Crippen LogP contribution in [0.15, 0.2) is 30.3 Å². The van der Waals surface area contributed by atoms with Gasteiger partial charge in [-0.15, -0.1) is 0 Å². The maximum absolute atomic E-state index is 12.2. The SMILES string of the molecule is CC(O)CCCC(=O)N1CC=Cc2ccccc21. The lowest BCUT2D eigenvalue weighted by Gasteiger charge is -2.26. The van der Waals surface area contributed by atoms with Crippen molar-refractivity contribution in [2.75, 3.05) is 11.4 Å². The van der Waals surface area contributed by atoms with Crippen LogP contribution in [0, 0.1) is 0 Å². The van der Waals surface area contributed by atoms with Crippen LogP contribution in [0.4, 0.5) is 5.69 Å².